The molecule has 7 nitrogen and oxygen atoms in total. The number of hydrogen-bond donors (Lipinski definition) is 4. The number of amides is 2. The lowest BCUT2D eigenvalue weighted by Gasteiger charge is -2.19. The molecule has 8 heteroatoms. The zero-order valence-electron chi connectivity index (χ0n) is 14.3. The van der Waals surface area contributed by atoms with Gasteiger partial charge in [-0.05, 0) is 25.0 Å². The summed E-state index contributed by atoms with van der Waals surface area (Å²) in [5, 5.41) is 12.7. The molecular formula is C18H21FN4O3. The molecule has 0 saturated heterocycles. The number of aromatic nitrogens is 1. The molecule has 0 saturated carbocycles. The van der Waals surface area contributed by atoms with Gasteiger partial charge in [0.05, 0.1) is 11.7 Å². The van der Waals surface area contributed by atoms with Crippen LogP contribution in [-0.2, 0) is 20.8 Å². The van der Waals surface area contributed by atoms with E-state index in [-0.39, 0.29) is 30.5 Å². The van der Waals surface area contributed by atoms with Crippen molar-refractivity contribution in [3.05, 3.63) is 35.8 Å². The van der Waals surface area contributed by atoms with E-state index in [9.17, 15) is 18.8 Å². The molecule has 0 spiro atoms. The summed E-state index contributed by atoms with van der Waals surface area (Å²) in [6.45, 7) is 1.74. The normalized spacial score (nSPS) is 13.0. The number of aromatic amines is 1. The number of fused-ring (bicyclic) bond motifs is 1. The van der Waals surface area contributed by atoms with Gasteiger partial charge in [0.25, 0.3) is 0 Å². The Bertz CT molecular complexity index is 818. The summed E-state index contributed by atoms with van der Waals surface area (Å²) in [6, 6.07) is 3.55. The number of para-hydroxylation sites is 1. The van der Waals surface area contributed by atoms with Crippen molar-refractivity contribution in [2.45, 2.75) is 38.3 Å². The Labute approximate surface area is 149 Å². The van der Waals surface area contributed by atoms with Gasteiger partial charge in [-0.1, -0.05) is 12.1 Å². The molecule has 2 amide bonds. The van der Waals surface area contributed by atoms with Crippen LogP contribution in [0.5, 0.6) is 0 Å². The van der Waals surface area contributed by atoms with Crippen molar-refractivity contribution in [2.24, 2.45) is 0 Å². The van der Waals surface area contributed by atoms with Gasteiger partial charge in [-0.15, -0.1) is 0 Å². The van der Waals surface area contributed by atoms with Crippen molar-refractivity contribution >= 4 is 35.2 Å². The van der Waals surface area contributed by atoms with E-state index >= 15 is 0 Å². The number of halogens is 1. The first kappa shape index (κ1) is 19.3. The van der Waals surface area contributed by atoms with Crippen molar-refractivity contribution in [1.29, 1.82) is 5.41 Å². The van der Waals surface area contributed by atoms with Gasteiger partial charge in [-0.25, -0.2) is 4.39 Å². The number of rotatable bonds is 10. The monoisotopic (exact) mass is 360 g/mol. The Kier molecular flexibility index (Phi) is 6.60. The Morgan fingerprint density at radius 1 is 1.38 bits per heavy atom. The van der Waals surface area contributed by atoms with Crippen LogP contribution in [0.1, 0.15) is 25.3 Å². The van der Waals surface area contributed by atoms with Crippen molar-refractivity contribution in [3.63, 3.8) is 0 Å². The SMILES string of the molecule is CC(CCC(=O)C=N)NC(=O)C(Cc1c[nH]c2c(F)cccc12)NC=O. The molecular weight excluding hydrogens is 339 g/mol. The highest BCUT2D eigenvalue weighted by atomic mass is 19.1. The van der Waals surface area contributed by atoms with Gasteiger partial charge in [-0.2, -0.15) is 0 Å². The summed E-state index contributed by atoms with van der Waals surface area (Å²) in [7, 11) is 0. The molecule has 2 rings (SSSR count). The quantitative estimate of drug-likeness (QED) is 0.380. The number of Topliss-reactive ketones (excluding diaryl/α,β-unsaturated/α-hetero) is 1. The second kappa shape index (κ2) is 8.89. The molecule has 0 fully saturated rings. The number of carbonyl (C=O) groups excluding carboxylic acids is 3. The van der Waals surface area contributed by atoms with Gasteiger partial charge in [-0.3, -0.25) is 14.4 Å². The van der Waals surface area contributed by atoms with Gasteiger partial charge in [0.15, 0.2) is 5.78 Å². The number of H-pyrrole nitrogens is 1. The summed E-state index contributed by atoms with van der Waals surface area (Å²) in [4.78, 5) is 37.3. The standard InChI is InChI=1S/C18H21FN4O3/c1-11(5-6-13(25)8-20)23-18(26)16(22-10-24)7-12-9-21-17-14(12)3-2-4-15(17)19/h2-4,8-11,16,20-21H,5-7H2,1H3,(H,22,24)(H,23,26). The second-order valence-electron chi connectivity index (χ2n) is 6.08. The van der Waals surface area contributed by atoms with Crippen LogP contribution in [0.3, 0.4) is 0 Å². The Morgan fingerprint density at radius 3 is 2.85 bits per heavy atom. The Morgan fingerprint density at radius 2 is 2.15 bits per heavy atom. The largest absolute Gasteiger partial charge is 0.359 e. The second-order valence-corrected chi connectivity index (χ2v) is 6.08. The van der Waals surface area contributed by atoms with Crippen molar-refractivity contribution in [3.8, 4) is 0 Å². The van der Waals surface area contributed by atoms with Crippen LogP contribution in [0.4, 0.5) is 4.39 Å². The van der Waals surface area contributed by atoms with E-state index in [1.54, 1.807) is 25.3 Å². The van der Waals surface area contributed by atoms with E-state index in [0.29, 0.717) is 29.3 Å². The molecule has 0 aliphatic carbocycles. The van der Waals surface area contributed by atoms with Gasteiger partial charge < -0.3 is 21.0 Å². The fourth-order valence-corrected chi connectivity index (χ4v) is 2.72. The minimum Gasteiger partial charge on any atom is -0.359 e. The molecule has 0 bridgehead atoms. The molecule has 138 valence electrons. The highest BCUT2D eigenvalue weighted by Crippen LogP contribution is 2.22. The fourth-order valence-electron chi connectivity index (χ4n) is 2.72. The molecule has 2 atom stereocenters. The molecule has 1 heterocycles. The Hall–Kier alpha value is -3.03. The van der Waals surface area contributed by atoms with Crippen molar-refractivity contribution in [1.82, 2.24) is 15.6 Å². The molecule has 2 aromatic rings. The molecule has 1 aromatic heterocycles. The highest BCUT2D eigenvalue weighted by Gasteiger charge is 2.22. The van der Waals surface area contributed by atoms with E-state index in [2.05, 4.69) is 15.6 Å². The predicted molar refractivity (Wildman–Crippen MR) is 95.6 cm³/mol. The maximum absolute atomic E-state index is 13.8. The van der Waals surface area contributed by atoms with Crippen LogP contribution >= 0.6 is 0 Å². The van der Waals surface area contributed by atoms with Crippen LogP contribution in [0.2, 0.25) is 0 Å². The van der Waals surface area contributed by atoms with Gasteiger partial charge in [0, 0.05) is 30.5 Å². The highest BCUT2D eigenvalue weighted by molar-refractivity contribution is 6.26. The molecule has 0 aliphatic heterocycles. The summed E-state index contributed by atoms with van der Waals surface area (Å²) in [5.74, 6) is -1.09. The van der Waals surface area contributed by atoms with Crippen LogP contribution in [-0.4, -0.2) is 41.4 Å². The smallest absolute Gasteiger partial charge is 0.243 e. The minimum absolute atomic E-state index is 0.165. The molecule has 1 aromatic carbocycles. The van der Waals surface area contributed by atoms with E-state index in [4.69, 9.17) is 5.41 Å². The Balaban J connectivity index is 2.06. The first-order valence-corrected chi connectivity index (χ1v) is 8.24. The van der Waals surface area contributed by atoms with Gasteiger partial charge >= 0.3 is 0 Å². The maximum atomic E-state index is 13.8. The third-order valence-corrected chi connectivity index (χ3v) is 4.13. The molecule has 26 heavy (non-hydrogen) atoms. The summed E-state index contributed by atoms with van der Waals surface area (Å²) in [6.07, 6.45) is 3.57. The topological polar surface area (TPSA) is 115 Å². The lowest BCUT2D eigenvalue weighted by Crippen LogP contribution is -2.48. The zero-order valence-corrected chi connectivity index (χ0v) is 14.3. The first-order valence-electron chi connectivity index (χ1n) is 8.24. The first-order chi connectivity index (χ1) is 12.5. The summed E-state index contributed by atoms with van der Waals surface area (Å²) >= 11 is 0. The minimum atomic E-state index is -0.823. The van der Waals surface area contributed by atoms with E-state index in [1.165, 1.54) is 6.07 Å². The number of nitrogens with one attached hydrogen (secondary N) is 4. The maximum Gasteiger partial charge on any atom is 0.243 e. The van der Waals surface area contributed by atoms with Gasteiger partial charge in [0.1, 0.15) is 11.9 Å². The number of benzene rings is 1. The lowest BCUT2D eigenvalue weighted by molar-refractivity contribution is -0.126. The third kappa shape index (κ3) is 4.75. The van der Waals surface area contributed by atoms with E-state index < -0.39 is 11.9 Å². The number of hydrogen-bond acceptors (Lipinski definition) is 4. The zero-order chi connectivity index (χ0) is 19.1. The fraction of sp³-hybridized carbons (Fsp3) is 0.333. The molecule has 2 unspecified atom stereocenters. The summed E-state index contributed by atoms with van der Waals surface area (Å²) in [5.41, 5.74) is 1.06. The molecule has 4 N–H and O–H groups in total. The summed E-state index contributed by atoms with van der Waals surface area (Å²) < 4.78 is 13.8. The van der Waals surface area contributed by atoms with E-state index in [1.807, 2.05) is 0 Å². The van der Waals surface area contributed by atoms with E-state index in [0.717, 1.165) is 6.21 Å². The average Bonchev–Trinajstić information content (AvgIpc) is 3.03. The van der Waals surface area contributed by atoms with Crippen LogP contribution in [0.15, 0.2) is 24.4 Å². The predicted octanol–water partition coefficient (Wildman–Crippen LogP) is 1.47. The molecule has 0 radical (unpaired) electrons. The lowest BCUT2D eigenvalue weighted by atomic mass is 10.0. The molecule has 0 aliphatic rings. The number of carbonyl (C=O) groups is 3. The van der Waals surface area contributed by atoms with Crippen molar-refractivity contribution in [2.75, 3.05) is 0 Å². The van der Waals surface area contributed by atoms with Crippen molar-refractivity contribution < 1.29 is 18.8 Å². The van der Waals surface area contributed by atoms with Crippen LogP contribution < -0.4 is 10.6 Å². The third-order valence-electron chi connectivity index (χ3n) is 4.13. The van der Waals surface area contributed by atoms with Crippen LogP contribution in [0, 0.1) is 11.2 Å². The van der Waals surface area contributed by atoms with Crippen LogP contribution in [0.25, 0.3) is 10.9 Å². The average molecular weight is 360 g/mol. The van der Waals surface area contributed by atoms with Gasteiger partial charge in [0.2, 0.25) is 12.3 Å². The number of ketones is 1.